The van der Waals surface area contributed by atoms with Crippen LogP contribution in [0, 0.1) is 0 Å². The number of carbonyl (C=O) groups excluding carboxylic acids is 1. The normalized spacial score (nSPS) is 16.1. The number of Topliss-reactive ketones (excluding diaryl/α,β-unsaturated/α-hetero) is 1. The lowest BCUT2D eigenvalue weighted by atomic mass is 10.1. The number of halogens is 1. The summed E-state index contributed by atoms with van der Waals surface area (Å²) in [5.41, 5.74) is 0.805. The van der Waals surface area contributed by atoms with Crippen LogP contribution in [-0.2, 0) is 16.0 Å². The minimum Gasteiger partial charge on any atom is -0.496 e. The van der Waals surface area contributed by atoms with Crippen molar-refractivity contribution >= 4 is 17.4 Å². The SMILES string of the molecule is COc1ccc(Cl)cc1CC(=O)COC1CCNCC1. The topological polar surface area (TPSA) is 47.6 Å². The van der Waals surface area contributed by atoms with Gasteiger partial charge in [-0.25, -0.2) is 0 Å². The number of carbonyl (C=O) groups is 1. The molecule has 0 unspecified atom stereocenters. The Bertz CT molecular complexity index is 458. The average Bonchev–Trinajstić information content (AvgIpc) is 2.46. The second-order valence-electron chi connectivity index (χ2n) is 4.93. The molecule has 1 aromatic rings. The number of ketones is 1. The maximum atomic E-state index is 12.0. The van der Waals surface area contributed by atoms with Crippen LogP contribution in [0.15, 0.2) is 18.2 Å². The van der Waals surface area contributed by atoms with Crippen molar-refractivity contribution in [1.29, 1.82) is 0 Å². The molecule has 0 bridgehead atoms. The molecule has 110 valence electrons. The molecule has 1 aliphatic rings. The van der Waals surface area contributed by atoms with E-state index in [0.29, 0.717) is 10.8 Å². The summed E-state index contributed by atoms with van der Waals surface area (Å²) in [6.45, 7) is 2.07. The van der Waals surface area contributed by atoms with E-state index in [1.54, 1.807) is 25.3 Å². The van der Waals surface area contributed by atoms with Crippen molar-refractivity contribution in [2.75, 3.05) is 26.8 Å². The molecular formula is C15H20ClNO3. The molecule has 1 fully saturated rings. The van der Waals surface area contributed by atoms with Gasteiger partial charge in [-0.1, -0.05) is 11.6 Å². The molecular weight excluding hydrogens is 278 g/mol. The third-order valence-electron chi connectivity index (χ3n) is 3.40. The Morgan fingerprint density at radius 2 is 2.15 bits per heavy atom. The van der Waals surface area contributed by atoms with Gasteiger partial charge in [0.2, 0.25) is 0 Å². The highest BCUT2D eigenvalue weighted by Gasteiger charge is 2.16. The smallest absolute Gasteiger partial charge is 0.162 e. The maximum absolute atomic E-state index is 12.0. The lowest BCUT2D eigenvalue weighted by Crippen LogP contribution is -2.33. The Balaban J connectivity index is 1.86. The fourth-order valence-corrected chi connectivity index (χ4v) is 2.52. The minimum atomic E-state index is 0.0455. The average molecular weight is 298 g/mol. The van der Waals surface area contributed by atoms with E-state index in [1.807, 2.05) is 0 Å². The summed E-state index contributed by atoms with van der Waals surface area (Å²) in [4.78, 5) is 12.0. The van der Waals surface area contributed by atoms with E-state index in [-0.39, 0.29) is 24.9 Å². The monoisotopic (exact) mass is 297 g/mol. The number of benzene rings is 1. The summed E-state index contributed by atoms with van der Waals surface area (Å²) in [6, 6.07) is 5.29. The molecule has 0 spiro atoms. The fourth-order valence-electron chi connectivity index (χ4n) is 2.32. The van der Waals surface area contributed by atoms with Gasteiger partial charge in [0.05, 0.1) is 13.2 Å². The minimum absolute atomic E-state index is 0.0455. The zero-order chi connectivity index (χ0) is 14.4. The van der Waals surface area contributed by atoms with Crippen molar-refractivity contribution in [2.24, 2.45) is 0 Å². The van der Waals surface area contributed by atoms with Crippen LogP contribution in [0.2, 0.25) is 5.02 Å². The number of hydrogen-bond donors (Lipinski definition) is 1. The predicted molar refractivity (Wildman–Crippen MR) is 78.6 cm³/mol. The first kappa shape index (κ1) is 15.3. The van der Waals surface area contributed by atoms with Gasteiger partial charge in [0.15, 0.2) is 5.78 Å². The number of piperidine rings is 1. The Morgan fingerprint density at radius 3 is 2.85 bits per heavy atom. The molecule has 0 amide bonds. The zero-order valence-electron chi connectivity index (χ0n) is 11.7. The Morgan fingerprint density at radius 1 is 1.40 bits per heavy atom. The summed E-state index contributed by atoms with van der Waals surface area (Å²) >= 11 is 5.95. The summed E-state index contributed by atoms with van der Waals surface area (Å²) in [7, 11) is 1.59. The Kier molecular flexibility index (Phi) is 5.83. The van der Waals surface area contributed by atoms with Gasteiger partial charge >= 0.3 is 0 Å². The van der Waals surface area contributed by atoms with Crippen LogP contribution in [0.5, 0.6) is 5.75 Å². The fraction of sp³-hybridized carbons (Fsp3) is 0.533. The first-order chi connectivity index (χ1) is 9.69. The summed E-state index contributed by atoms with van der Waals surface area (Å²) in [5, 5.41) is 3.87. The number of methoxy groups -OCH3 is 1. The molecule has 2 rings (SSSR count). The van der Waals surface area contributed by atoms with Crippen molar-refractivity contribution in [3.8, 4) is 5.75 Å². The molecule has 1 N–H and O–H groups in total. The van der Waals surface area contributed by atoms with Crippen LogP contribution in [0.1, 0.15) is 18.4 Å². The van der Waals surface area contributed by atoms with E-state index in [1.165, 1.54) is 0 Å². The first-order valence-electron chi connectivity index (χ1n) is 6.85. The van der Waals surface area contributed by atoms with Crippen LogP contribution in [0.4, 0.5) is 0 Å². The number of nitrogens with one attached hydrogen (secondary N) is 1. The Hall–Kier alpha value is -1.10. The van der Waals surface area contributed by atoms with Gasteiger partial charge in [-0.3, -0.25) is 4.79 Å². The van der Waals surface area contributed by atoms with Crippen LogP contribution in [0.3, 0.4) is 0 Å². The van der Waals surface area contributed by atoms with E-state index < -0.39 is 0 Å². The number of ether oxygens (including phenoxy) is 2. The molecule has 0 atom stereocenters. The van der Waals surface area contributed by atoms with Gasteiger partial charge in [0.1, 0.15) is 12.4 Å². The number of hydrogen-bond acceptors (Lipinski definition) is 4. The van der Waals surface area contributed by atoms with Gasteiger partial charge in [-0.2, -0.15) is 0 Å². The lowest BCUT2D eigenvalue weighted by Gasteiger charge is -2.22. The summed E-state index contributed by atoms with van der Waals surface area (Å²) in [6.07, 6.45) is 2.41. The number of rotatable bonds is 6. The van der Waals surface area contributed by atoms with Crippen molar-refractivity contribution in [1.82, 2.24) is 5.32 Å². The quantitative estimate of drug-likeness (QED) is 0.875. The zero-order valence-corrected chi connectivity index (χ0v) is 12.4. The third-order valence-corrected chi connectivity index (χ3v) is 3.63. The van der Waals surface area contributed by atoms with Crippen LogP contribution in [0.25, 0.3) is 0 Å². The van der Waals surface area contributed by atoms with Crippen molar-refractivity contribution in [3.05, 3.63) is 28.8 Å². The van der Waals surface area contributed by atoms with E-state index in [2.05, 4.69) is 5.32 Å². The van der Waals surface area contributed by atoms with Crippen LogP contribution < -0.4 is 10.1 Å². The molecule has 1 saturated heterocycles. The highest BCUT2D eigenvalue weighted by atomic mass is 35.5. The predicted octanol–water partition coefficient (Wildman–Crippen LogP) is 2.23. The van der Waals surface area contributed by atoms with Gasteiger partial charge < -0.3 is 14.8 Å². The molecule has 1 heterocycles. The van der Waals surface area contributed by atoms with E-state index >= 15 is 0 Å². The third kappa shape index (κ3) is 4.47. The van der Waals surface area contributed by atoms with Gasteiger partial charge in [0.25, 0.3) is 0 Å². The highest BCUT2D eigenvalue weighted by molar-refractivity contribution is 6.30. The molecule has 1 aromatic carbocycles. The van der Waals surface area contributed by atoms with Crippen molar-refractivity contribution in [3.63, 3.8) is 0 Å². The second kappa shape index (κ2) is 7.62. The molecule has 0 radical (unpaired) electrons. The van der Waals surface area contributed by atoms with Crippen molar-refractivity contribution in [2.45, 2.75) is 25.4 Å². The van der Waals surface area contributed by atoms with Crippen LogP contribution >= 0.6 is 11.6 Å². The van der Waals surface area contributed by atoms with Crippen LogP contribution in [-0.4, -0.2) is 38.7 Å². The van der Waals surface area contributed by atoms with Gasteiger partial charge in [-0.05, 0) is 44.1 Å². The van der Waals surface area contributed by atoms with Crippen molar-refractivity contribution < 1.29 is 14.3 Å². The molecule has 4 nitrogen and oxygen atoms in total. The van der Waals surface area contributed by atoms with E-state index in [0.717, 1.165) is 31.5 Å². The summed E-state index contributed by atoms with van der Waals surface area (Å²) in [5.74, 6) is 0.730. The standard InChI is InChI=1S/C15H20ClNO3/c1-19-15-3-2-12(16)8-11(15)9-13(18)10-20-14-4-6-17-7-5-14/h2-3,8,14,17H,4-7,9-10H2,1H3. The van der Waals surface area contributed by atoms with Gasteiger partial charge in [0, 0.05) is 17.0 Å². The van der Waals surface area contributed by atoms with E-state index in [9.17, 15) is 4.79 Å². The molecule has 0 aromatic heterocycles. The molecule has 5 heteroatoms. The molecule has 20 heavy (non-hydrogen) atoms. The largest absolute Gasteiger partial charge is 0.496 e. The maximum Gasteiger partial charge on any atom is 0.162 e. The molecule has 1 aliphatic heterocycles. The Labute approximate surface area is 124 Å². The van der Waals surface area contributed by atoms with Gasteiger partial charge in [-0.15, -0.1) is 0 Å². The molecule has 0 aliphatic carbocycles. The van der Waals surface area contributed by atoms with E-state index in [4.69, 9.17) is 21.1 Å². The first-order valence-corrected chi connectivity index (χ1v) is 7.23. The lowest BCUT2D eigenvalue weighted by molar-refractivity contribution is -0.125. The molecule has 0 saturated carbocycles. The highest BCUT2D eigenvalue weighted by Crippen LogP contribution is 2.23. The second-order valence-corrected chi connectivity index (χ2v) is 5.37. The summed E-state index contributed by atoms with van der Waals surface area (Å²) < 4.78 is 10.9.